The molecule has 0 aliphatic carbocycles. The van der Waals surface area contributed by atoms with Crippen LogP contribution in [0.3, 0.4) is 0 Å². The fraction of sp³-hybridized carbons (Fsp3) is 0.400. The van der Waals surface area contributed by atoms with Crippen molar-refractivity contribution in [2.75, 3.05) is 0 Å². The Morgan fingerprint density at radius 1 is 1.08 bits per heavy atom. The Morgan fingerprint density at radius 3 is 2.61 bits per heavy atom. The van der Waals surface area contributed by atoms with Gasteiger partial charge in [-0.15, -0.1) is 5.10 Å². The maximum atomic E-state index is 13.4. The normalized spacial score (nSPS) is 23.0. The lowest BCUT2D eigenvalue weighted by atomic mass is 9.79. The molecule has 1 saturated heterocycles. The monoisotopic (exact) mass is 491 g/mol. The summed E-state index contributed by atoms with van der Waals surface area (Å²) < 4.78 is 48.3. The Kier molecular flexibility index (Phi) is 4.35. The molecule has 36 heavy (non-hydrogen) atoms. The van der Waals surface area contributed by atoms with Gasteiger partial charge in [0, 0.05) is 17.5 Å². The van der Waals surface area contributed by atoms with Crippen LogP contribution in [0.2, 0.25) is 0 Å². The summed E-state index contributed by atoms with van der Waals surface area (Å²) in [5, 5.41) is 8.48. The number of halogens is 2. The van der Waals surface area contributed by atoms with Gasteiger partial charge in [-0.25, -0.2) is 9.67 Å². The fourth-order valence-corrected chi connectivity index (χ4v) is 5.67. The second kappa shape index (κ2) is 7.13. The number of alkyl halides is 2. The van der Waals surface area contributed by atoms with Gasteiger partial charge in [0.05, 0.1) is 40.2 Å². The molecular formula is C25H24BF2N5O3. The van der Waals surface area contributed by atoms with Crippen LogP contribution in [0, 0.1) is 0 Å². The van der Waals surface area contributed by atoms with E-state index in [0.717, 1.165) is 33.6 Å². The van der Waals surface area contributed by atoms with E-state index in [0.29, 0.717) is 12.0 Å². The van der Waals surface area contributed by atoms with Crippen LogP contribution in [0.15, 0.2) is 42.6 Å². The summed E-state index contributed by atoms with van der Waals surface area (Å²) in [5.74, 6) is 0.961. The molecule has 0 N–H and O–H groups in total. The molecule has 0 amide bonds. The molecule has 0 unspecified atom stereocenters. The molecule has 2 bridgehead atoms. The van der Waals surface area contributed by atoms with Crippen LogP contribution in [0.5, 0.6) is 5.75 Å². The molecule has 11 heteroatoms. The first kappa shape index (κ1) is 21.9. The molecule has 7 rings (SSSR count). The van der Waals surface area contributed by atoms with Crippen molar-refractivity contribution in [1.29, 1.82) is 0 Å². The topological polar surface area (TPSA) is 76.2 Å². The van der Waals surface area contributed by atoms with E-state index in [1.165, 1.54) is 0 Å². The van der Waals surface area contributed by atoms with Crippen LogP contribution in [0.4, 0.5) is 8.78 Å². The van der Waals surface area contributed by atoms with Crippen molar-refractivity contribution >= 4 is 23.6 Å². The van der Waals surface area contributed by atoms with Gasteiger partial charge >= 0.3 is 13.7 Å². The largest absolute Gasteiger partial charge is 0.494 e. The molecular weight excluding hydrogens is 467 g/mol. The third-order valence-corrected chi connectivity index (χ3v) is 8.08. The summed E-state index contributed by atoms with van der Waals surface area (Å²) in [6.45, 7) is 5.14. The molecule has 3 aliphatic rings. The number of ether oxygens (including phenoxy) is 1. The quantitative estimate of drug-likeness (QED) is 0.402. The van der Waals surface area contributed by atoms with Crippen LogP contribution in [0.1, 0.15) is 57.6 Å². The summed E-state index contributed by atoms with van der Waals surface area (Å²) in [6.07, 6.45) is 2.26. The summed E-state index contributed by atoms with van der Waals surface area (Å²) in [6, 6.07) is 10.7. The molecule has 4 aromatic rings. The molecule has 0 saturated carbocycles. The third kappa shape index (κ3) is 2.89. The lowest BCUT2D eigenvalue weighted by Gasteiger charge is -2.32. The number of fused-ring (bicyclic) bond motifs is 6. The number of imidazole rings is 1. The zero-order valence-electron chi connectivity index (χ0n) is 20.3. The first-order valence-corrected chi connectivity index (χ1v) is 12.0. The Bertz CT molecular complexity index is 1520. The first-order valence-electron chi connectivity index (χ1n) is 12.0. The van der Waals surface area contributed by atoms with Crippen LogP contribution < -0.4 is 10.2 Å². The number of hydrogen-bond donors (Lipinski definition) is 0. The number of aromatic nitrogens is 5. The molecule has 3 aliphatic heterocycles. The molecule has 0 spiro atoms. The van der Waals surface area contributed by atoms with Crippen molar-refractivity contribution in [2.24, 2.45) is 0 Å². The van der Waals surface area contributed by atoms with Gasteiger partial charge in [0.25, 0.3) is 0 Å². The van der Waals surface area contributed by atoms with Gasteiger partial charge in [0.1, 0.15) is 17.6 Å². The predicted octanol–water partition coefficient (Wildman–Crippen LogP) is 4.09. The Morgan fingerprint density at radius 2 is 1.86 bits per heavy atom. The van der Waals surface area contributed by atoms with Crippen molar-refractivity contribution < 1.29 is 22.8 Å². The smallest absolute Gasteiger partial charge is 0.434 e. The van der Waals surface area contributed by atoms with E-state index >= 15 is 0 Å². The highest BCUT2D eigenvalue weighted by Gasteiger charge is 2.52. The van der Waals surface area contributed by atoms with Gasteiger partial charge in [0.2, 0.25) is 0 Å². The van der Waals surface area contributed by atoms with Gasteiger partial charge in [-0.3, -0.25) is 0 Å². The van der Waals surface area contributed by atoms with E-state index in [1.807, 2.05) is 56.6 Å². The van der Waals surface area contributed by atoms with Crippen LogP contribution in [-0.2, 0) is 9.31 Å². The van der Waals surface area contributed by atoms with Crippen molar-refractivity contribution in [2.45, 2.75) is 64.0 Å². The molecule has 8 nitrogen and oxygen atoms in total. The van der Waals surface area contributed by atoms with Crippen LogP contribution in [0.25, 0.3) is 22.3 Å². The minimum Gasteiger partial charge on any atom is -0.434 e. The van der Waals surface area contributed by atoms with Gasteiger partial charge in [-0.1, -0.05) is 23.4 Å². The highest BCUT2D eigenvalue weighted by molar-refractivity contribution is 6.62. The molecule has 184 valence electrons. The standard InChI is InChI=1S/C25H24BF2N5O3/c1-24(2)25(3,4)36-26(35-24)13-8-9-15-16(10-13)32-17-11-18(22(32)30-15)33-19(12-29-31-33)14-6-5-7-20(21(14)17)34-23(27)28/h5-10,12,17-18,23H,11H2,1-4H3/t17-,18-/m1/s1. The summed E-state index contributed by atoms with van der Waals surface area (Å²) in [4.78, 5) is 4.95. The summed E-state index contributed by atoms with van der Waals surface area (Å²) in [5.41, 5.74) is 3.84. The fourth-order valence-electron chi connectivity index (χ4n) is 5.67. The average molecular weight is 491 g/mol. The van der Waals surface area contributed by atoms with Gasteiger partial charge in [-0.05, 0) is 51.4 Å². The highest BCUT2D eigenvalue weighted by atomic mass is 19.3. The summed E-state index contributed by atoms with van der Waals surface area (Å²) in [7, 11) is -0.527. The highest BCUT2D eigenvalue weighted by Crippen LogP contribution is 2.51. The van der Waals surface area contributed by atoms with E-state index in [9.17, 15) is 8.78 Å². The van der Waals surface area contributed by atoms with Crippen molar-refractivity contribution in [3.8, 4) is 17.0 Å². The Hall–Kier alpha value is -3.31. The van der Waals surface area contributed by atoms with E-state index < -0.39 is 24.9 Å². The zero-order valence-corrected chi connectivity index (χ0v) is 20.3. The maximum Gasteiger partial charge on any atom is 0.494 e. The second-order valence-electron chi connectivity index (χ2n) is 10.6. The maximum absolute atomic E-state index is 13.4. The number of rotatable bonds is 3. The van der Waals surface area contributed by atoms with Crippen molar-refractivity contribution in [3.05, 3.63) is 54.0 Å². The van der Waals surface area contributed by atoms with E-state index in [1.54, 1.807) is 18.3 Å². The molecule has 2 aromatic carbocycles. The third-order valence-electron chi connectivity index (χ3n) is 8.08. The second-order valence-corrected chi connectivity index (χ2v) is 10.6. The first-order chi connectivity index (χ1) is 17.1. The average Bonchev–Trinajstić information content (AvgIpc) is 3.53. The molecule has 2 atom stereocenters. The van der Waals surface area contributed by atoms with Gasteiger partial charge < -0.3 is 18.6 Å². The number of benzene rings is 2. The van der Waals surface area contributed by atoms with E-state index in [-0.39, 0.29) is 17.8 Å². The summed E-state index contributed by atoms with van der Waals surface area (Å²) >= 11 is 0. The van der Waals surface area contributed by atoms with Crippen molar-refractivity contribution in [1.82, 2.24) is 24.5 Å². The minimum atomic E-state index is -2.94. The molecule has 5 heterocycles. The van der Waals surface area contributed by atoms with E-state index in [2.05, 4.69) is 14.9 Å². The molecule has 1 fully saturated rings. The number of nitrogens with zero attached hydrogens (tertiary/aromatic N) is 5. The molecule has 2 aromatic heterocycles. The zero-order chi connectivity index (χ0) is 25.0. The molecule has 0 radical (unpaired) electrons. The number of hydrogen-bond acceptors (Lipinski definition) is 6. The minimum absolute atomic E-state index is 0.151. The van der Waals surface area contributed by atoms with Crippen LogP contribution in [-0.4, -0.2) is 49.5 Å². The van der Waals surface area contributed by atoms with Crippen molar-refractivity contribution in [3.63, 3.8) is 0 Å². The lowest BCUT2D eigenvalue weighted by Crippen LogP contribution is -2.41. The van der Waals surface area contributed by atoms with Gasteiger partial charge in [-0.2, -0.15) is 8.78 Å². The van der Waals surface area contributed by atoms with E-state index in [4.69, 9.17) is 19.0 Å². The lowest BCUT2D eigenvalue weighted by molar-refractivity contribution is -0.0506. The predicted molar refractivity (Wildman–Crippen MR) is 128 cm³/mol. The van der Waals surface area contributed by atoms with Gasteiger partial charge in [0.15, 0.2) is 0 Å². The SMILES string of the molecule is CC1(C)OB(c2ccc3nc4n(c3c2)[C@@H]2C[C@H]4n3nncc3-c3cccc(OC(F)F)c32)OC1(C)C. The van der Waals surface area contributed by atoms with Crippen LogP contribution >= 0.6 is 0 Å². The Labute approximate surface area is 206 Å². The Balaban J connectivity index is 1.43.